The number of fused-ring (bicyclic) bond motifs is 1. The van der Waals surface area contributed by atoms with Crippen molar-refractivity contribution in [3.05, 3.63) is 45.7 Å². The molecule has 0 radical (unpaired) electrons. The molecule has 0 aromatic carbocycles. The van der Waals surface area contributed by atoms with Crippen molar-refractivity contribution in [2.45, 2.75) is 12.5 Å². The van der Waals surface area contributed by atoms with E-state index in [1.54, 1.807) is 28.3 Å². The molecule has 0 unspecified atom stereocenters. The monoisotopic (exact) mass is 357 g/mol. The van der Waals surface area contributed by atoms with E-state index in [2.05, 4.69) is 14.9 Å². The minimum Gasteiger partial charge on any atom is -0.477 e. The van der Waals surface area contributed by atoms with Gasteiger partial charge in [-0.3, -0.25) is 9.36 Å². The third-order valence-corrected chi connectivity index (χ3v) is 5.01. The summed E-state index contributed by atoms with van der Waals surface area (Å²) in [6, 6.07) is 3.47. The number of hydrogen-bond donors (Lipinski definition) is 2. The molecular weight excluding hydrogens is 342 g/mol. The van der Waals surface area contributed by atoms with Gasteiger partial charge in [-0.15, -0.1) is 11.3 Å². The molecule has 4 heterocycles. The fourth-order valence-electron chi connectivity index (χ4n) is 3.00. The van der Waals surface area contributed by atoms with Crippen molar-refractivity contribution in [1.82, 2.24) is 14.5 Å². The number of thiazole rings is 1. The summed E-state index contributed by atoms with van der Waals surface area (Å²) in [5, 5.41) is 11.9. The number of nitrogens with two attached hydrogens (primary N) is 1. The summed E-state index contributed by atoms with van der Waals surface area (Å²) in [6.07, 6.45) is 3.79. The topological polar surface area (TPSA) is 114 Å². The Morgan fingerprint density at radius 2 is 2.24 bits per heavy atom. The molecule has 1 saturated heterocycles. The van der Waals surface area contributed by atoms with Gasteiger partial charge in [-0.25, -0.2) is 14.8 Å². The Hall–Kier alpha value is -2.78. The number of rotatable bonds is 3. The quantitative estimate of drug-likeness (QED) is 0.721. The highest BCUT2D eigenvalue weighted by atomic mass is 32.1. The minimum absolute atomic E-state index is 0.105. The third-order valence-electron chi connectivity index (χ3n) is 4.24. The van der Waals surface area contributed by atoms with Crippen LogP contribution in [0, 0.1) is 0 Å². The van der Waals surface area contributed by atoms with Gasteiger partial charge in [0.1, 0.15) is 11.4 Å². The van der Waals surface area contributed by atoms with Crippen molar-refractivity contribution in [3.63, 3.8) is 0 Å². The first-order valence-electron chi connectivity index (χ1n) is 7.74. The van der Waals surface area contributed by atoms with E-state index in [1.165, 1.54) is 17.5 Å². The number of nitrogens with zero attached hydrogens (tertiary/aromatic N) is 4. The van der Waals surface area contributed by atoms with Gasteiger partial charge in [-0.1, -0.05) is 0 Å². The summed E-state index contributed by atoms with van der Waals surface area (Å²) >= 11 is 1.34. The molecular formula is C16H15N5O3S. The number of hydrogen-bond acceptors (Lipinski definition) is 7. The summed E-state index contributed by atoms with van der Waals surface area (Å²) in [5.41, 5.74) is 5.50. The number of anilines is 1. The fourth-order valence-corrected chi connectivity index (χ4v) is 3.62. The Morgan fingerprint density at radius 1 is 1.40 bits per heavy atom. The van der Waals surface area contributed by atoms with E-state index in [0.29, 0.717) is 23.1 Å². The van der Waals surface area contributed by atoms with Gasteiger partial charge < -0.3 is 15.7 Å². The number of aromatic carboxylic acids is 1. The van der Waals surface area contributed by atoms with Crippen LogP contribution in [0.2, 0.25) is 0 Å². The molecule has 0 aliphatic carbocycles. The van der Waals surface area contributed by atoms with Crippen molar-refractivity contribution >= 4 is 34.2 Å². The van der Waals surface area contributed by atoms with Gasteiger partial charge in [0.25, 0.3) is 0 Å². The van der Waals surface area contributed by atoms with Gasteiger partial charge in [-0.05, 0) is 18.6 Å². The van der Waals surface area contributed by atoms with E-state index in [-0.39, 0.29) is 17.0 Å². The van der Waals surface area contributed by atoms with Gasteiger partial charge >= 0.3 is 5.97 Å². The van der Waals surface area contributed by atoms with Crippen LogP contribution in [0.25, 0.3) is 16.2 Å². The SMILES string of the molecule is N[C@@H]1CCN(c2ccc3c(=O)c(C(=O)O)cn(-c4nccs4)c3n2)C1. The summed E-state index contributed by atoms with van der Waals surface area (Å²) in [7, 11) is 0. The smallest absolute Gasteiger partial charge is 0.341 e. The number of aromatic nitrogens is 3. The fraction of sp³-hybridized carbons (Fsp3) is 0.250. The molecule has 4 rings (SSSR count). The number of pyridine rings is 2. The zero-order valence-electron chi connectivity index (χ0n) is 13.1. The van der Waals surface area contributed by atoms with E-state index >= 15 is 0 Å². The van der Waals surface area contributed by atoms with Crippen LogP contribution in [-0.2, 0) is 0 Å². The van der Waals surface area contributed by atoms with E-state index in [0.717, 1.165) is 13.0 Å². The summed E-state index contributed by atoms with van der Waals surface area (Å²) < 4.78 is 1.56. The van der Waals surface area contributed by atoms with Crippen molar-refractivity contribution in [1.29, 1.82) is 0 Å². The Kier molecular flexibility index (Phi) is 3.74. The first-order valence-corrected chi connectivity index (χ1v) is 8.62. The molecule has 1 aliphatic rings. The van der Waals surface area contributed by atoms with Crippen LogP contribution in [0.1, 0.15) is 16.8 Å². The lowest BCUT2D eigenvalue weighted by Crippen LogP contribution is -2.27. The predicted molar refractivity (Wildman–Crippen MR) is 94.8 cm³/mol. The number of carboxylic acids is 1. The highest BCUT2D eigenvalue weighted by Crippen LogP contribution is 2.23. The second kappa shape index (κ2) is 5.94. The molecule has 0 bridgehead atoms. The molecule has 8 nitrogen and oxygen atoms in total. The van der Waals surface area contributed by atoms with Crippen molar-refractivity contribution in [3.8, 4) is 5.13 Å². The molecule has 3 N–H and O–H groups in total. The first-order chi connectivity index (χ1) is 12.0. The molecule has 25 heavy (non-hydrogen) atoms. The summed E-state index contributed by atoms with van der Waals surface area (Å²) in [4.78, 5) is 34.8. The predicted octanol–water partition coefficient (Wildman–Crippen LogP) is 1.08. The van der Waals surface area contributed by atoms with Gasteiger partial charge in [0.15, 0.2) is 10.8 Å². The number of carboxylic acid groups (broad SMARTS) is 1. The number of carbonyl (C=O) groups is 1. The largest absolute Gasteiger partial charge is 0.477 e. The Bertz CT molecular complexity index is 1010. The van der Waals surface area contributed by atoms with Crippen LogP contribution in [0.3, 0.4) is 0 Å². The lowest BCUT2D eigenvalue weighted by Gasteiger charge is -2.18. The molecule has 1 fully saturated rings. The molecule has 0 saturated carbocycles. The molecule has 0 amide bonds. The Balaban J connectivity index is 1.97. The highest BCUT2D eigenvalue weighted by molar-refractivity contribution is 7.12. The molecule has 0 spiro atoms. The maximum atomic E-state index is 12.5. The van der Waals surface area contributed by atoms with E-state index in [4.69, 9.17) is 5.73 Å². The van der Waals surface area contributed by atoms with Crippen LogP contribution in [0.4, 0.5) is 5.82 Å². The standard InChI is InChI=1S/C16H15N5O3S/c17-9-3-5-20(7-9)12-2-1-10-13(22)11(15(23)24)8-21(14(10)19-12)16-18-4-6-25-16/h1-2,4,6,8-9H,3,5,7,17H2,(H,23,24)/t9-/m1/s1. The van der Waals surface area contributed by atoms with E-state index < -0.39 is 11.4 Å². The van der Waals surface area contributed by atoms with Crippen LogP contribution < -0.4 is 16.1 Å². The van der Waals surface area contributed by atoms with E-state index in [1.807, 2.05) is 0 Å². The normalized spacial score (nSPS) is 17.3. The van der Waals surface area contributed by atoms with Crippen LogP contribution in [-0.4, -0.2) is 44.7 Å². The van der Waals surface area contributed by atoms with Gasteiger partial charge in [0.05, 0.1) is 5.39 Å². The van der Waals surface area contributed by atoms with Gasteiger partial charge in [-0.2, -0.15) is 0 Å². The first kappa shape index (κ1) is 15.7. The molecule has 9 heteroatoms. The van der Waals surface area contributed by atoms with Crippen LogP contribution in [0.5, 0.6) is 0 Å². The van der Waals surface area contributed by atoms with Crippen LogP contribution >= 0.6 is 11.3 Å². The van der Waals surface area contributed by atoms with E-state index in [9.17, 15) is 14.7 Å². The molecule has 3 aromatic rings. The zero-order chi connectivity index (χ0) is 17.6. The molecule has 1 aliphatic heterocycles. The average molecular weight is 357 g/mol. The molecule has 1 atom stereocenters. The maximum Gasteiger partial charge on any atom is 0.341 e. The lowest BCUT2D eigenvalue weighted by molar-refractivity contribution is 0.0695. The van der Waals surface area contributed by atoms with Crippen molar-refractivity contribution in [2.24, 2.45) is 5.73 Å². The third kappa shape index (κ3) is 2.67. The molecule has 128 valence electrons. The van der Waals surface area contributed by atoms with Gasteiger partial charge in [0.2, 0.25) is 5.43 Å². The second-order valence-electron chi connectivity index (χ2n) is 5.90. The van der Waals surface area contributed by atoms with Gasteiger partial charge in [0, 0.05) is 36.9 Å². The van der Waals surface area contributed by atoms with Crippen molar-refractivity contribution < 1.29 is 9.90 Å². The second-order valence-corrected chi connectivity index (χ2v) is 6.77. The zero-order valence-corrected chi connectivity index (χ0v) is 13.9. The Morgan fingerprint density at radius 3 is 2.88 bits per heavy atom. The lowest BCUT2D eigenvalue weighted by atomic mass is 10.2. The van der Waals surface area contributed by atoms with Crippen molar-refractivity contribution in [2.75, 3.05) is 18.0 Å². The summed E-state index contributed by atoms with van der Waals surface area (Å²) in [5.74, 6) is -0.556. The minimum atomic E-state index is -1.27. The Labute approximate surface area is 146 Å². The maximum absolute atomic E-state index is 12.5. The molecule has 3 aromatic heterocycles. The highest BCUT2D eigenvalue weighted by Gasteiger charge is 2.22. The van der Waals surface area contributed by atoms with Crippen LogP contribution in [0.15, 0.2) is 34.7 Å². The average Bonchev–Trinajstić information content (AvgIpc) is 3.26. The summed E-state index contributed by atoms with van der Waals surface area (Å²) in [6.45, 7) is 1.50.